The van der Waals surface area contributed by atoms with Gasteiger partial charge in [0.15, 0.2) is 0 Å². The predicted octanol–water partition coefficient (Wildman–Crippen LogP) is 1.13. The summed E-state index contributed by atoms with van der Waals surface area (Å²) in [6.45, 7) is 7.53. The fourth-order valence-electron chi connectivity index (χ4n) is 2.58. The first-order chi connectivity index (χ1) is 10.5. The van der Waals surface area contributed by atoms with Gasteiger partial charge in [0.05, 0.1) is 19.1 Å². The van der Waals surface area contributed by atoms with Crippen LogP contribution in [0.1, 0.15) is 25.8 Å². The molecule has 0 saturated carbocycles. The summed E-state index contributed by atoms with van der Waals surface area (Å²) >= 11 is 0. The van der Waals surface area contributed by atoms with Crippen LogP contribution in [-0.4, -0.2) is 48.7 Å². The number of morpholine rings is 1. The summed E-state index contributed by atoms with van der Waals surface area (Å²) in [6.07, 6.45) is 0.334. The van der Waals surface area contributed by atoms with E-state index in [0.29, 0.717) is 19.6 Å². The zero-order valence-corrected chi connectivity index (χ0v) is 13.5. The molecule has 1 aliphatic heterocycles. The van der Waals surface area contributed by atoms with Gasteiger partial charge in [-0.3, -0.25) is 9.69 Å². The Bertz CT molecular complexity index is 476. The average Bonchev–Trinajstić information content (AvgIpc) is 2.48. The largest absolute Gasteiger partial charge is 0.375 e. The summed E-state index contributed by atoms with van der Waals surface area (Å²) in [5.74, 6) is 0.00186. The van der Waals surface area contributed by atoms with Crippen molar-refractivity contribution in [1.82, 2.24) is 10.2 Å². The van der Waals surface area contributed by atoms with E-state index in [1.807, 2.05) is 19.9 Å². The van der Waals surface area contributed by atoms with E-state index >= 15 is 0 Å². The van der Waals surface area contributed by atoms with Crippen LogP contribution in [0.15, 0.2) is 30.3 Å². The molecule has 1 heterocycles. The third-order valence-corrected chi connectivity index (χ3v) is 3.87. The maximum atomic E-state index is 12.1. The maximum Gasteiger partial charge on any atom is 0.223 e. The van der Waals surface area contributed by atoms with Gasteiger partial charge in [0.25, 0.3) is 0 Å². The molecule has 5 heteroatoms. The molecule has 3 N–H and O–H groups in total. The van der Waals surface area contributed by atoms with Crippen molar-refractivity contribution in [3.63, 3.8) is 0 Å². The standard InChI is InChI=1S/C17H27N3O2/c1-17(2,13-18)19-16(21)10-15-12-20(8-9-22-15)11-14-6-4-3-5-7-14/h3-7,15H,8-13,18H2,1-2H3,(H,19,21). The summed E-state index contributed by atoms with van der Waals surface area (Å²) < 4.78 is 5.73. The van der Waals surface area contributed by atoms with E-state index in [9.17, 15) is 4.79 Å². The molecule has 1 aliphatic rings. The van der Waals surface area contributed by atoms with Crippen molar-refractivity contribution in [1.29, 1.82) is 0 Å². The molecular weight excluding hydrogens is 278 g/mol. The Morgan fingerprint density at radius 1 is 1.41 bits per heavy atom. The molecule has 1 aromatic rings. The molecule has 1 amide bonds. The van der Waals surface area contributed by atoms with E-state index in [4.69, 9.17) is 10.5 Å². The number of nitrogens with one attached hydrogen (secondary N) is 1. The fraction of sp³-hybridized carbons (Fsp3) is 0.588. The Morgan fingerprint density at radius 3 is 2.82 bits per heavy atom. The molecule has 1 atom stereocenters. The number of benzene rings is 1. The topological polar surface area (TPSA) is 67.6 Å². The molecule has 1 aromatic carbocycles. The van der Waals surface area contributed by atoms with Crippen molar-refractivity contribution in [2.45, 2.75) is 38.5 Å². The number of carbonyl (C=O) groups is 1. The number of hydrogen-bond acceptors (Lipinski definition) is 4. The third kappa shape index (κ3) is 5.40. The van der Waals surface area contributed by atoms with Crippen molar-refractivity contribution in [2.24, 2.45) is 5.73 Å². The van der Waals surface area contributed by atoms with Gasteiger partial charge in [-0.25, -0.2) is 0 Å². The lowest BCUT2D eigenvalue weighted by atomic mass is 10.1. The fourth-order valence-corrected chi connectivity index (χ4v) is 2.58. The van der Waals surface area contributed by atoms with Gasteiger partial charge in [-0.05, 0) is 19.4 Å². The second-order valence-corrected chi connectivity index (χ2v) is 6.55. The van der Waals surface area contributed by atoms with Crippen molar-refractivity contribution in [2.75, 3.05) is 26.2 Å². The van der Waals surface area contributed by atoms with Gasteiger partial charge in [-0.1, -0.05) is 30.3 Å². The van der Waals surface area contributed by atoms with Crippen LogP contribution in [0.5, 0.6) is 0 Å². The minimum Gasteiger partial charge on any atom is -0.375 e. The normalized spacial score (nSPS) is 19.9. The molecule has 0 aromatic heterocycles. The first-order valence-corrected chi connectivity index (χ1v) is 7.87. The minimum absolute atomic E-state index is 0.00186. The second kappa shape index (κ2) is 7.72. The van der Waals surface area contributed by atoms with Crippen LogP contribution < -0.4 is 11.1 Å². The van der Waals surface area contributed by atoms with Gasteiger partial charge in [0.2, 0.25) is 5.91 Å². The second-order valence-electron chi connectivity index (χ2n) is 6.55. The van der Waals surface area contributed by atoms with Gasteiger partial charge in [0, 0.05) is 31.7 Å². The lowest BCUT2D eigenvalue weighted by Gasteiger charge is -2.33. The molecule has 122 valence electrons. The number of hydrogen-bond donors (Lipinski definition) is 2. The van der Waals surface area contributed by atoms with Crippen LogP contribution in [0.3, 0.4) is 0 Å². The Balaban J connectivity index is 1.82. The Hall–Kier alpha value is -1.43. The van der Waals surface area contributed by atoms with Crippen molar-refractivity contribution >= 4 is 5.91 Å². The molecule has 5 nitrogen and oxygen atoms in total. The van der Waals surface area contributed by atoms with E-state index in [1.165, 1.54) is 5.56 Å². The highest BCUT2D eigenvalue weighted by atomic mass is 16.5. The van der Waals surface area contributed by atoms with Gasteiger partial charge in [-0.15, -0.1) is 0 Å². The van der Waals surface area contributed by atoms with Crippen molar-refractivity contribution in [3.8, 4) is 0 Å². The smallest absolute Gasteiger partial charge is 0.223 e. The minimum atomic E-state index is -0.366. The number of nitrogens with two attached hydrogens (primary N) is 1. The first-order valence-electron chi connectivity index (χ1n) is 7.87. The van der Waals surface area contributed by atoms with E-state index in [0.717, 1.165) is 19.6 Å². The summed E-state index contributed by atoms with van der Waals surface area (Å²) in [4.78, 5) is 14.4. The number of ether oxygens (including phenoxy) is 1. The molecule has 2 rings (SSSR count). The van der Waals surface area contributed by atoms with Crippen LogP contribution in [0.4, 0.5) is 0 Å². The number of nitrogens with zero attached hydrogens (tertiary/aromatic N) is 1. The number of rotatable bonds is 6. The van der Waals surface area contributed by atoms with Crippen LogP contribution >= 0.6 is 0 Å². The zero-order valence-electron chi connectivity index (χ0n) is 13.5. The SMILES string of the molecule is CC(C)(CN)NC(=O)CC1CN(Cc2ccccc2)CCO1. The summed E-state index contributed by atoms with van der Waals surface area (Å²) in [7, 11) is 0. The highest BCUT2D eigenvalue weighted by Crippen LogP contribution is 2.13. The quantitative estimate of drug-likeness (QED) is 0.827. The monoisotopic (exact) mass is 305 g/mol. The van der Waals surface area contributed by atoms with Crippen LogP contribution in [0, 0.1) is 0 Å². The highest BCUT2D eigenvalue weighted by molar-refractivity contribution is 5.77. The summed E-state index contributed by atoms with van der Waals surface area (Å²) in [6, 6.07) is 10.4. The van der Waals surface area contributed by atoms with Crippen molar-refractivity contribution < 1.29 is 9.53 Å². The molecule has 0 spiro atoms. The molecule has 1 unspecified atom stereocenters. The molecule has 1 fully saturated rings. The van der Waals surface area contributed by atoms with E-state index in [1.54, 1.807) is 0 Å². The molecule has 0 radical (unpaired) electrons. The van der Waals surface area contributed by atoms with E-state index in [2.05, 4.69) is 34.5 Å². The van der Waals surface area contributed by atoms with Crippen molar-refractivity contribution in [3.05, 3.63) is 35.9 Å². The predicted molar refractivity (Wildman–Crippen MR) is 87.4 cm³/mol. The lowest BCUT2D eigenvalue weighted by molar-refractivity contribution is -0.127. The van der Waals surface area contributed by atoms with E-state index in [-0.39, 0.29) is 17.6 Å². The summed E-state index contributed by atoms with van der Waals surface area (Å²) in [5, 5.41) is 2.96. The Morgan fingerprint density at radius 2 is 2.14 bits per heavy atom. The first kappa shape index (κ1) is 16.9. The van der Waals surface area contributed by atoms with Crippen LogP contribution in [0.2, 0.25) is 0 Å². The lowest BCUT2D eigenvalue weighted by Crippen LogP contribution is -2.51. The molecule has 22 heavy (non-hydrogen) atoms. The van der Waals surface area contributed by atoms with Gasteiger partial charge >= 0.3 is 0 Å². The summed E-state index contributed by atoms with van der Waals surface area (Å²) in [5.41, 5.74) is 6.56. The zero-order chi connectivity index (χ0) is 16.0. The van der Waals surface area contributed by atoms with E-state index < -0.39 is 0 Å². The Labute approximate surface area is 132 Å². The van der Waals surface area contributed by atoms with Gasteiger partial charge in [-0.2, -0.15) is 0 Å². The van der Waals surface area contributed by atoms with Crippen LogP contribution in [0.25, 0.3) is 0 Å². The molecule has 0 bridgehead atoms. The molecule has 1 saturated heterocycles. The average molecular weight is 305 g/mol. The highest BCUT2D eigenvalue weighted by Gasteiger charge is 2.25. The van der Waals surface area contributed by atoms with Gasteiger partial charge in [0.1, 0.15) is 0 Å². The van der Waals surface area contributed by atoms with Crippen LogP contribution in [-0.2, 0) is 16.1 Å². The number of amides is 1. The van der Waals surface area contributed by atoms with Gasteiger partial charge < -0.3 is 15.8 Å². The number of carbonyl (C=O) groups excluding carboxylic acids is 1. The molecule has 0 aliphatic carbocycles. The maximum absolute atomic E-state index is 12.1. The third-order valence-electron chi connectivity index (χ3n) is 3.87. The molecular formula is C17H27N3O2. The Kier molecular flexibility index (Phi) is 5.94.